The highest BCUT2D eigenvalue weighted by atomic mass is 16.1. The van der Waals surface area contributed by atoms with Crippen molar-refractivity contribution >= 4 is 34.1 Å². The Hall–Kier alpha value is -3.41. The molecule has 1 aliphatic heterocycles. The first-order valence-corrected chi connectivity index (χ1v) is 10.4. The number of nitrogens with one attached hydrogen (secondary N) is 1. The third-order valence-electron chi connectivity index (χ3n) is 6.08. The van der Waals surface area contributed by atoms with Crippen LogP contribution in [0, 0.1) is 19.8 Å². The number of carbonyl (C=O) groups is 1. The van der Waals surface area contributed by atoms with Crippen LogP contribution < -0.4 is 10.2 Å². The molecule has 1 fully saturated rings. The summed E-state index contributed by atoms with van der Waals surface area (Å²) in [6.45, 7) is 5.69. The number of benzene rings is 1. The third-order valence-corrected chi connectivity index (χ3v) is 6.08. The van der Waals surface area contributed by atoms with Crippen molar-refractivity contribution in [1.82, 2.24) is 14.4 Å². The normalized spacial score (nSPS) is 16.9. The molecule has 4 aromatic rings. The molecule has 1 aliphatic rings. The van der Waals surface area contributed by atoms with Crippen molar-refractivity contribution in [3.05, 3.63) is 66.0 Å². The number of aryl methyl sites for hydroxylation is 2. The number of hydrogen-bond acceptors (Lipinski definition) is 4. The highest BCUT2D eigenvalue weighted by molar-refractivity contribution is 5.93. The van der Waals surface area contributed by atoms with E-state index in [2.05, 4.69) is 39.5 Å². The van der Waals surface area contributed by atoms with E-state index in [4.69, 9.17) is 4.98 Å². The van der Waals surface area contributed by atoms with Crippen LogP contribution in [0.25, 0.3) is 16.7 Å². The number of nitrogens with zero attached hydrogens (tertiary/aromatic N) is 4. The first-order valence-electron chi connectivity index (χ1n) is 10.4. The van der Waals surface area contributed by atoms with Gasteiger partial charge in [-0.05, 0) is 74.2 Å². The standard InChI is InChI=1S/C24H25N5O/c1-16-9-10-19(14-17(16)2)26-24(30)18-6-4-12-28(15-18)23-21-8-5-13-29(21)20-7-3-11-25-22(20)27-23/h3,5,7-11,13-14,18H,4,6,12,15H2,1-2H3,(H,26,30)/t18-/m0/s1. The summed E-state index contributed by atoms with van der Waals surface area (Å²) in [4.78, 5) is 24.5. The number of piperidine rings is 1. The zero-order valence-electron chi connectivity index (χ0n) is 17.3. The minimum absolute atomic E-state index is 0.0726. The maximum atomic E-state index is 13.0. The summed E-state index contributed by atoms with van der Waals surface area (Å²) >= 11 is 0. The summed E-state index contributed by atoms with van der Waals surface area (Å²) in [5.41, 5.74) is 6.03. The number of rotatable bonds is 3. The largest absolute Gasteiger partial charge is 0.354 e. The molecule has 30 heavy (non-hydrogen) atoms. The van der Waals surface area contributed by atoms with E-state index in [1.807, 2.05) is 42.6 Å². The maximum absolute atomic E-state index is 13.0. The second-order valence-corrected chi connectivity index (χ2v) is 8.12. The minimum Gasteiger partial charge on any atom is -0.354 e. The van der Waals surface area contributed by atoms with Crippen LogP contribution in [0.15, 0.2) is 54.9 Å². The van der Waals surface area contributed by atoms with E-state index in [1.54, 1.807) is 6.20 Å². The van der Waals surface area contributed by atoms with E-state index < -0.39 is 0 Å². The minimum atomic E-state index is -0.0726. The molecule has 0 aliphatic carbocycles. The second-order valence-electron chi connectivity index (χ2n) is 8.12. The number of aromatic nitrogens is 3. The number of anilines is 2. The number of fused-ring (bicyclic) bond motifs is 3. The van der Waals surface area contributed by atoms with Gasteiger partial charge < -0.3 is 14.6 Å². The number of carbonyl (C=O) groups excluding carboxylic acids is 1. The van der Waals surface area contributed by atoms with Gasteiger partial charge in [-0.3, -0.25) is 4.79 Å². The van der Waals surface area contributed by atoms with Crippen molar-refractivity contribution in [1.29, 1.82) is 0 Å². The molecule has 0 bridgehead atoms. The van der Waals surface area contributed by atoms with Crippen LogP contribution >= 0.6 is 0 Å². The van der Waals surface area contributed by atoms with Crippen LogP contribution in [-0.4, -0.2) is 33.4 Å². The van der Waals surface area contributed by atoms with Gasteiger partial charge in [0.05, 0.1) is 17.0 Å². The summed E-state index contributed by atoms with van der Waals surface area (Å²) in [5.74, 6) is 0.903. The summed E-state index contributed by atoms with van der Waals surface area (Å²) in [6, 6.07) is 14.1. The molecular weight excluding hydrogens is 374 g/mol. The molecule has 0 unspecified atom stereocenters. The maximum Gasteiger partial charge on any atom is 0.229 e. The molecule has 0 spiro atoms. The van der Waals surface area contributed by atoms with Gasteiger partial charge in [-0.1, -0.05) is 6.07 Å². The molecule has 1 saturated heterocycles. The lowest BCUT2D eigenvalue weighted by Crippen LogP contribution is -2.41. The number of pyridine rings is 1. The van der Waals surface area contributed by atoms with Crippen LogP contribution in [0.3, 0.4) is 0 Å². The Morgan fingerprint density at radius 3 is 2.83 bits per heavy atom. The predicted octanol–water partition coefficient (Wildman–Crippen LogP) is 4.35. The third kappa shape index (κ3) is 3.28. The van der Waals surface area contributed by atoms with E-state index in [0.29, 0.717) is 6.54 Å². The van der Waals surface area contributed by atoms with E-state index in [0.717, 1.165) is 47.6 Å². The molecule has 4 heterocycles. The SMILES string of the molecule is Cc1ccc(NC(=O)[C@H]2CCCN(c3nc4ncccc4n4cccc34)C2)cc1C. The molecule has 5 rings (SSSR count). The Morgan fingerprint density at radius 1 is 1.10 bits per heavy atom. The van der Waals surface area contributed by atoms with Crippen molar-refractivity contribution in [2.75, 3.05) is 23.3 Å². The van der Waals surface area contributed by atoms with Gasteiger partial charge in [0.15, 0.2) is 11.5 Å². The van der Waals surface area contributed by atoms with Gasteiger partial charge in [0.1, 0.15) is 0 Å². The van der Waals surface area contributed by atoms with Gasteiger partial charge in [-0.15, -0.1) is 0 Å². The summed E-state index contributed by atoms with van der Waals surface area (Å²) < 4.78 is 2.13. The predicted molar refractivity (Wildman–Crippen MR) is 120 cm³/mol. The average Bonchev–Trinajstić information content (AvgIpc) is 3.26. The Balaban J connectivity index is 1.41. The number of hydrogen-bond donors (Lipinski definition) is 1. The Kier molecular flexibility index (Phi) is 4.62. The quantitative estimate of drug-likeness (QED) is 0.556. The molecule has 6 nitrogen and oxygen atoms in total. The van der Waals surface area contributed by atoms with E-state index in [1.165, 1.54) is 11.1 Å². The van der Waals surface area contributed by atoms with Crippen LogP contribution in [0.1, 0.15) is 24.0 Å². The monoisotopic (exact) mass is 399 g/mol. The van der Waals surface area contributed by atoms with Gasteiger partial charge in [0.25, 0.3) is 0 Å². The van der Waals surface area contributed by atoms with E-state index >= 15 is 0 Å². The lowest BCUT2D eigenvalue weighted by Gasteiger charge is -2.33. The topological polar surface area (TPSA) is 62.5 Å². The molecule has 1 atom stereocenters. The summed E-state index contributed by atoms with van der Waals surface area (Å²) in [7, 11) is 0. The Labute approximate surface area is 175 Å². The first kappa shape index (κ1) is 18.6. The zero-order chi connectivity index (χ0) is 20.7. The van der Waals surface area contributed by atoms with Crippen LogP contribution in [-0.2, 0) is 4.79 Å². The van der Waals surface area contributed by atoms with Gasteiger partial charge >= 0.3 is 0 Å². The van der Waals surface area contributed by atoms with Crippen molar-refractivity contribution < 1.29 is 4.79 Å². The van der Waals surface area contributed by atoms with Gasteiger partial charge in [0, 0.05) is 31.2 Å². The van der Waals surface area contributed by atoms with Crippen molar-refractivity contribution in [3.63, 3.8) is 0 Å². The lowest BCUT2D eigenvalue weighted by molar-refractivity contribution is -0.120. The van der Waals surface area contributed by atoms with Crippen molar-refractivity contribution in [3.8, 4) is 0 Å². The molecule has 1 aromatic carbocycles. The molecule has 3 aromatic heterocycles. The Morgan fingerprint density at radius 2 is 1.97 bits per heavy atom. The van der Waals surface area contributed by atoms with Gasteiger partial charge in [-0.2, -0.15) is 0 Å². The molecule has 152 valence electrons. The molecular formula is C24H25N5O. The van der Waals surface area contributed by atoms with Crippen molar-refractivity contribution in [2.45, 2.75) is 26.7 Å². The van der Waals surface area contributed by atoms with Crippen LogP contribution in [0.4, 0.5) is 11.5 Å². The smallest absolute Gasteiger partial charge is 0.229 e. The second kappa shape index (κ2) is 7.44. The number of amides is 1. The first-order chi connectivity index (χ1) is 14.6. The fraction of sp³-hybridized carbons (Fsp3) is 0.292. The molecule has 1 amide bonds. The van der Waals surface area contributed by atoms with E-state index in [9.17, 15) is 4.79 Å². The highest BCUT2D eigenvalue weighted by Crippen LogP contribution is 2.29. The van der Waals surface area contributed by atoms with Crippen LogP contribution in [0.2, 0.25) is 0 Å². The Bertz CT molecular complexity index is 1250. The highest BCUT2D eigenvalue weighted by Gasteiger charge is 2.28. The fourth-order valence-electron chi connectivity index (χ4n) is 4.27. The summed E-state index contributed by atoms with van der Waals surface area (Å²) in [5, 5.41) is 3.11. The fourth-order valence-corrected chi connectivity index (χ4v) is 4.27. The molecule has 1 N–H and O–H groups in total. The zero-order valence-corrected chi connectivity index (χ0v) is 17.3. The summed E-state index contributed by atoms with van der Waals surface area (Å²) in [6.07, 6.45) is 5.65. The van der Waals surface area contributed by atoms with E-state index in [-0.39, 0.29) is 11.8 Å². The van der Waals surface area contributed by atoms with Crippen molar-refractivity contribution in [2.24, 2.45) is 5.92 Å². The van der Waals surface area contributed by atoms with Crippen LogP contribution in [0.5, 0.6) is 0 Å². The average molecular weight is 399 g/mol. The molecule has 0 saturated carbocycles. The molecule has 6 heteroatoms. The van der Waals surface area contributed by atoms with Gasteiger partial charge in [-0.25, -0.2) is 9.97 Å². The van der Waals surface area contributed by atoms with Gasteiger partial charge in [0.2, 0.25) is 5.91 Å². The lowest BCUT2D eigenvalue weighted by atomic mass is 9.96. The molecule has 0 radical (unpaired) electrons.